The Morgan fingerprint density at radius 1 is 1.17 bits per heavy atom. The zero-order valence-corrected chi connectivity index (χ0v) is 13.1. The molecule has 2 saturated heterocycles. The van der Waals surface area contributed by atoms with E-state index in [1.807, 2.05) is 22.9 Å². The second-order valence-electron chi connectivity index (χ2n) is 6.24. The van der Waals surface area contributed by atoms with Crippen LogP contribution < -0.4 is 5.32 Å². The lowest BCUT2D eigenvalue weighted by atomic mass is 10.0. The molecule has 2 unspecified atom stereocenters. The van der Waals surface area contributed by atoms with Crippen molar-refractivity contribution < 1.29 is 9.72 Å². The van der Waals surface area contributed by atoms with E-state index in [1.165, 1.54) is 12.1 Å². The Bertz CT molecular complexity index is 783. The summed E-state index contributed by atoms with van der Waals surface area (Å²) in [5.74, 6) is 0.0937. The average molecular weight is 326 g/mol. The Hall–Kier alpha value is -2.67. The molecule has 0 aliphatic carbocycles. The maximum Gasteiger partial charge on any atom is 0.269 e. The van der Waals surface area contributed by atoms with Crippen molar-refractivity contribution in [3.8, 4) is 5.69 Å². The van der Waals surface area contributed by atoms with Gasteiger partial charge < -0.3 is 9.88 Å². The van der Waals surface area contributed by atoms with Gasteiger partial charge in [0.15, 0.2) is 0 Å². The molecule has 2 aromatic rings. The van der Waals surface area contributed by atoms with Gasteiger partial charge in [-0.2, -0.15) is 0 Å². The van der Waals surface area contributed by atoms with Crippen LogP contribution in [0.1, 0.15) is 31.1 Å². The van der Waals surface area contributed by atoms with E-state index in [0.29, 0.717) is 0 Å². The van der Waals surface area contributed by atoms with Gasteiger partial charge in [-0.25, -0.2) is 0 Å². The summed E-state index contributed by atoms with van der Waals surface area (Å²) in [6.07, 6.45) is 4.86. The predicted molar refractivity (Wildman–Crippen MR) is 87.7 cm³/mol. The molecule has 0 bridgehead atoms. The van der Waals surface area contributed by atoms with Crippen molar-refractivity contribution in [3.63, 3.8) is 0 Å². The molecule has 2 aliphatic heterocycles. The third kappa shape index (κ3) is 2.37. The van der Waals surface area contributed by atoms with Crippen molar-refractivity contribution in [1.29, 1.82) is 0 Å². The minimum Gasteiger partial charge on any atom is -0.334 e. The van der Waals surface area contributed by atoms with Crippen LogP contribution in [0.4, 0.5) is 5.69 Å². The number of piperidine rings is 1. The van der Waals surface area contributed by atoms with E-state index in [0.717, 1.165) is 37.2 Å². The first-order valence-electron chi connectivity index (χ1n) is 8.13. The number of amides is 1. The molecular formula is C17H18N4O3. The third-order valence-corrected chi connectivity index (χ3v) is 4.86. The zero-order valence-electron chi connectivity index (χ0n) is 13.1. The summed E-state index contributed by atoms with van der Waals surface area (Å²) in [7, 11) is 0. The minimum atomic E-state index is -0.407. The maximum absolute atomic E-state index is 12.2. The first-order valence-corrected chi connectivity index (χ1v) is 8.13. The van der Waals surface area contributed by atoms with Crippen molar-refractivity contribution in [3.05, 3.63) is 58.4 Å². The molecule has 1 aromatic carbocycles. The molecule has 1 aromatic heterocycles. The van der Waals surface area contributed by atoms with Gasteiger partial charge in [-0.3, -0.25) is 19.8 Å². The molecule has 4 rings (SSSR count). The second kappa shape index (κ2) is 5.76. The molecule has 0 spiro atoms. The number of rotatable bonds is 3. The van der Waals surface area contributed by atoms with Crippen LogP contribution in [0.5, 0.6) is 0 Å². The number of fused-ring (bicyclic) bond motifs is 1. The van der Waals surface area contributed by atoms with E-state index in [2.05, 4.69) is 10.2 Å². The van der Waals surface area contributed by atoms with E-state index >= 15 is 0 Å². The summed E-state index contributed by atoms with van der Waals surface area (Å²) in [6, 6.07) is 10.3. The fourth-order valence-corrected chi connectivity index (χ4v) is 3.69. The molecule has 1 N–H and O–H groups in total. The molecule has 1 amide bonds. The van der Waals surface area contributed by atoms with Crippen molar-refractivity contribution in [2.45, 2.75) is 31.5 Å². The number of nitro groups is 1. The molecule has 24 heavy (non-hydrogen) atoms. The standard InChI is InChI=1S/C17H18N4O3/c22-17-15-4-1-2-10-20(15)16(18-17)14-5-3-11-19(14)12-6-8-13(9-7-12)21(23)24/h3,5-9,11,15-16H,1-2,4,10H2,(H,18,22). The van der Waals surface area contributed by atoms with Crippen LogP contribution in [0, 0.1) is 10.1 Å². The van der Waals surface area contributed by atoms with Gasteiger partial charge in [-0.15, -0.1) is 0 Å². The van der Waals surface area contributed by atoms with E-state index < -0.39 is 4.92 Å². The summed E-state index contributed by atoms with van der Waals surface area (Å²) >= 11 is 0. The third-order valence-electron chi connectivity index (χ3n) is 4.86. The number of hydrogen-bond acceptors (Lipinski definition) is 4. The molecule has 2 atom stereocenters. The fraction of sp³-hybridized carbons (Fsp3) is 0.353. The maximum atomic E-state index is 12.2. The number of hydrogen-bond donors (Lipinski definition) is 1. The summed E-state index contributed by atoms with van der Waals surface area (Å²) < 4.78 is 1.98. The Morgan fingerprint density at radius 2 is 1.96 bits per heavy atom. The second-order valence-corrected chi connectivity index (χ2v) is 6.24. The number of benzene rings is 1. The minimum absolute atomic E-state index is 0.0380. The SMILES string of the molecule is O=C1NC(c2cccn2-c2ccc([N+](=O)[O-])cc2)N2CCCCC12. The van der Waals surface area contributed by atoms with Crippen LogP contribution in [0.2, 0.25) is 0 Å². The van der Waals surface area contributed by atoms with Gasteiger partial charge in [0.1, 0.15) is 6.17 Å². The normalized spacial score (nSPS) is 23.8. The Morgan fingerprint density at radius 3 is 2.71 bits per heavy atom. The highest BCUT2D eigenvalue weighted by molar-refractivity contribution is 5.84. The molecule has 124 valence electrons. The Balaban J connectivity index is 1.67. The Labute approximate surface area is 139 Å². The number of nitro benzene ring substituents is 1. The average Bonchev–Trinajstić information content (AvgIpc) is 3.20. The molecule has 0 radical (unpaired) electrons. The van der Waals surface area contributed by atoms with Crippen molar-refractivity contribution in [2.75, 3.05) is 6.54 Å². The monoisotopic (exact) mass is 326 g/mol. The topological polar surface area (TPSA) is 80.4 Å². The van der Waals surface area contributed by atoms with E-state index in [1.54, 1.807) is 12.1 Å². The summed E-state index contributed by atoms with van der Waals surface area (Å²) in [5, 5.41) is 13.9. The van der Waals surface area contributed by atoms with Crippen LogP contribution in [0.15, 0.2) is 42.6 Å². The van der Waals surface area contributed by atoms with Gasteiger partial charge in [0.25, 0.3) is 5.69 Å². The lowest BCUT2D eigenvalue weighted by Crippen LogP contribution is -2.38. The van der Waals surface area contributed by atoms with E-state index in [-0.39, 0.29) is 23.8 Å². The number of nitrogens with zero attached hydrogens (tertiary/aromatic N) is 3. The predicted octanol–water partition coefficient (Wildman–Crippen LogP) is 2.37. The fourth-order valence-electron chi connectivity index (χ4n) is 3.69. The van der Waals surface area contributed by atoms with E-state index in [9.17, 15) is 14.9 Å². The zero-order chi connectivity index (χ0) is 16.7. The number of carbonyl (C=O) groups is 1. The van der Waals surface area contributed by atoms with Crippen LogP contribution in [0.3, 0.4) is 0 Å². The highest BCUT2D eigenvalue weighted by Crippen LogP contribution is 2.33. The molecule has 2 fully saturated rings. The van der Waals surface area contributed by atoms with Crippen molar-refractivity contribution >= 4 is 11.6 Å². The van der Waals surface area contributed by atoms with Gasteiger partial charge >= 0.3 is 0 Å². The van der Waals surface area contributed by atoms with Crippen LogP contribution in [0.25, 0.3) is 5.69 Å². The van der Waals surface area contributed by atoms with Crippen molar-refractivity contribution in [2.24, 2.45) is 0 Å². The molecular weight excluding hydrogens is 308 g/mol. The number of nitrogens with one attached hydrogen (secondary N) is 1. The molecule has 3 heterocycles. The summed E-state index contributed by atoms with van der Waals surface area (Å²) in [6.45, 7) is 0.902. The first kappa shape index (κ1) is 14.9. The molecule has 0 saturated carbocycles. The van der Waals surface area contributed by atoms with Gasteiger partial charge in [0.2, 0.25) is 5.91 Å². The molecule has 7 nitrogen and oxygen atoms in total. The Kier molecular flexibility index (Phi) is 3.57. The van der Waals surface area contributed by atoms with Gasteiger partial charge in [-0.1, -0.05) is 6.42 Å². The number of carbonyl (C=O) groups excluding carboxylic acids is 1. The van der Waals surface area contributed by atoms with Crippen molar-refractivity contribution in [1.82, 2.24) is 14.8 Å². The van der Waals surface area contributed by atoms with E-state index in [4.69, 9.17) is 0 Å². The van der Waals surface area contributed by atoms with Crippen LogP contribution in [-0.4, -0.2) is 32.9 Å². The van der Waals surface area contributed by atoms with Gasteiger partial charge in [0, 0.05) is 30.6 Å². The lowest BCUT2D eigenvalue weighted by molar-refractivity contribution is -0.384. The molecule has 2 aliphatic rings. The van der Waals surface area contributed by atoms with Gasteiger partial charge in [0.05, 0.1) is 16.7 Å². The summed E-state index contributed by atoms with van der Waals surface area (Å²) in [5.41, 5.74) is 1.88. The largest absolute Gasteiger partial charge is 0.334 e. The quantitative estimate of drug-likeness (QED) is 0.693. The summed E-state index contributed by atoms with van der Waals surface area (Å²) in [4.78, 5) is 24.9. The van der Waals surface area contributed by atoms with Crippen LogP contribution in [-0.2, 0) is 4.79 Å². The molecule has 7 heteroatoms. The lowest BCUT2D eigenvalue weighted by Gasteiger charge is -2.31. The number of aromatic nitrogens is 1. The highest BCUT2D eigenvalue weighted by Gasteiger charge is 2.42. The highest BCUT2D eigenvalue weighted by atomic mass is 16.6. The van der Waals surface area contributed by atoms with Gasteiger partial charge in [-0.05, 0) is 37.1 Å². The number of non-ortho nitro benzene ring substituents is 1. The smallest absolute Gasteiger partial charge is 0.269 e. The van der Waals surface area contributed by atoms with Crippen LogP contribution >= 0.6 is 0 Å². The first-order chi connectivity index (χ1) is 11.6.